The van der Waals surface area contributed by atoms with Crippen molar-refractivity contribution in [2.24, 2.45) is 0 Å². The van der Waals surface area contributed by atoms with E-state index in [1.54, 1.807) is 6.07 Å². The van der Waals surface area contributed by atoms with Gasteiger partial charge in [0.15, 0.2) is 0 Å². The number of ketones is 1. The van der Waals surface area contributed by atoms with Gasteiger partial charge in [-0.2, -0.15) is 0 Å². The lowest BCUT2D eigenvalue weighted by molar-refractivity contribution is -0.116. The standard InChI is InChI=1S/C13H16FNO2/c1-10(16)8-11-9-12(14)2-3-13(11)15-4-6-17-7-5-15/h2-3,9H,4-8H2,1H3. The smallest absolute Gasteiger partial charge is 0.134 e. The average Bonchev–Trinajstić information content (AvgIpc) is 2.29. The van der Waals surface area contributed by atoms with Gasteiger partial charge < -0.3 is 9.64 Å². The highest BCUT2D eigenvalue weighted by Crippen LogP contribution is 2.23. The highest BCUT2D eigenvalue weighted by molar-refractivity contribution is 5.80. The van der Waals surface area contributed by atoms with Crippen molar-refractivity contribution in [2.45, 2.75) is 13.3 Å². The van der Waals surface area contributed by atoms with Crippen LogP contribution in [0.3, 0.4) is 0 Å². The molecule has 0 aromatic heterocycles. The first-order valence-electron chi connectivity index (χ1n) is 5.77. The quantitative estimate of drug-likeness (QED) is 0.802. The Hall–Kier alpha value is -1.42. The van der Waals surface area contributed by atoms with Gasteiger partial charge in [0.1, 0.15) is 11.6 Å². The molecule has 1 aromatic carbocycles. The largest absolute Gasteiger partial charge is 0.378 e. The van der Waals surface area contributed by atoms with Gasteiger partial charge in [-0.25, -0.2) is 4.39 Å². The summed E-state index contributed by atoms with van der Waals surface area (Å²) in [6.07, 6.45) is 0.282. The van der Waals surface area contributed by atoms with Crippen LogP contribution in [0, 0.1) is 5.82 Å². The highest BCUT2D eigenvalue weighted by Gasteiger charge is 2.15. The Kier molecular flexibility index (Phi) is 3.74. The van der Waals surface area contributed by atoms with Crippen LogP contribution < -0.4 is 4.90 Å². The fourth-order valence-electron chi connectivity index (χ4n) is 2.08. The molecule has 17 heavy (non-hydrogen) atoms. The number of Topliss-reactive ketones (excluding diaryl/α,β-unsaturated/α-hetero) is 1. The van der Waals surface area contributed by atoms with Gasteiger partial charge in [0.25, 0.3) is 0 Å². The molecule has 0 unspecified atom stereocenters. The van der Waals surface area contributed by atoms with Gasteiger partial charge in [0.2, 0.25) is 0 Å². The van der Waals surface area contributed by atoms with Crippen molar-refractivity contribution in [3.63, 3.8) is 0 Å². The third-order valence-electron chi connectivity index (χ3n) is 2.83. The van der Waals surface area contributed by atoms with Gasteiger partial charge in [0, 0.05) is 25.2 Å². The molecular formula is C13H16FNO2. The highest BCUT2D eigenvalue weighted by atomic mass is 19.1. The minimum absolute atomic E-state index is 0.0464. The van der Waals surface area contributed by atoms with Crippen LogP contribution in [0.5, 0.6) is 0 Å². The topological polar surface area (TPSA) is 29.5 Å². The second-order valence-electron chi connectivity index (χ2n) is 4.25. The van der Waals surface area contributed by atoms with Crippen molar-refractivity contribution in [3.8, 4) is 0 Å². The number of nitrogens with zero attached hydrogens (tertiary/aromatic N) is 1. The van der Waals surface area contributed by atoms with Crippen molar-refractivity contribution in [3.05, 3.63) is 29.6 Å². The molecule has 1 aliphatic heterocycles. The second-order valence-corrected chi connectivity index (χ2v) is 4.25. The number of benzene rings is 1. The maximum absolute atomic E-state index is 13.2. The van der Waals surface area contributed by atoms with Crippen LogP contribution in [0.2, 0.25) is 0 Å². The Bertz CT molecular complexity index is 414. The molecule has 4 heteroatoms. The minimum atomic E-state index is -0.293. The van der Waals surface area contributed by atoms with Crippen molar-refractivity contribution in [1.82, 2.24) is 0 Å². The summed E-state index contributed by atoms with van der Waals surface area (Å²) in [6, 6.07) is 4.64. The molecule has 1 heterocycles. The lowest BCUT2D eigenvalue weighted by Crippen LogP contribution is -2.36. The van der Waals surface area contributed by atoms with E-state index >= 15 is 0 Å². The zero-order valence-corrected chi connectivity index (χ0v) is 9.91. The summed E-state index contributed by atoms with van der Waals surface area (Å²) >= 11 is 0. The maximum Gasteiger partial charge on any atom is 0.134 e. The zero-order chi connectivity index (χ0) is 12.3. The molecule has 0 radical (unpaired) electrons. The van der Waals surface area contributed by atoms with Crippen molar-refractivity contribution in [1.29, 1.82) is 0 Å². The van der Waals surface area contributed by atoms with Gasteiger partial charge in [-0.05, 0) is 30.7 Å². The molecule has 0 amide bonds. The van der Waals surface area contributed by atoms with Crippen LogP contribution in [-0.4, -0.2) is 32.1 Å². The predicted molar refractivity (Wildman–Crippen MR) is 63.8 cm³/mol. The van der Waals surface area contributed by atoms with Crippen LogP contribution in [0.1, 0.15) is 12.5 Å². The summed E-state index contributed by atoms with van der Waals surface area (Å²) in [5.41, 5.74) is 1.71. The summed E-state index contributed by atoms with van der Waals surface area (Å²) in [5.74, 6) is -0.247. The van der Waals surface area contributed by atoms with Crippen LogP contribution in [0.4, 0.5) is 10.1 Å². The number of hydrogen-bond acceptors (Lipinski definition) is 3. The average molecular weight is 237 g/mol. The summed E-state index contributed by atoms with van der Waals surface area (Å²) in [7, 11) is 0. The van der Waals surface area contributed by atoms with E-state index in [4.69, 9.17) is 4.74 Å². The summed E-state index contributed by atoms with van der Waals surface area (Å²) in [4.78, 5) is 13.3. The van der Waals surface area contributed by atoms with Gasteiger partial charge in [-0.15, -0.1) is 0 Å². The van der Waals surface area contributed by atoms with Crippen LogP contribution >= 0.6 is 0 Å². The van der Waals surface area contributed by atoms with Gasteiger partial charge in [0.05, 0.1) is 13.2 Å². The third-order valence-corrected chi connectivity index (χ3v) is 2.83. The number of carbonyl (C=O) groups excluding carboxylic acids is 1. The van der Waals surface area contributed by atoms with Crippen LogP contribution in [-0.2, 0) is 16.0 Å². The molecule has 0 bridgehead atoms. The summed E-state index contributed by atoms with van der Waals surface area (Å²) < 4.78 is 18.5. The lowest BCUT2D eigenvalue weighted by Gasteiger charge is -2.30. The number of ether oxygens (including phenoxy) is 1. The number of rotatable bonds is 3. The van der Waals surface area contributed by atoms with E-state index in [1.165, 1.54) is 19.1 Å². The number of morpholine rings is 1. The normalized spacial score (nSPS) is 16.0. The number of anilines is 1. The molecule has 0 atom stereocenters. The van der Waals surface area contributed by atoms with E-state index in [1.807, 2.05) is 0 Å². The van der Waals surface area contributed by atoms with E-state index in [2.05, 4.69) is 4.90 Å². The van der Waals surface area contributed by atoms with Crippen LogP contribution in [0.15, 0.2) is 18.2 Å². The fraction of sp³-hybridized carbons (Fsp3) is 0.462. The van der Waals surface area contributed by atoms with Crippen molar-refractivity contribution >= 4 is 11.5 Å². The number of carbonyl (C=O) groups is 1. The Morgan fingerprint density at radius 2 is 2.12 bits per heavy atom. The lowest BCUT2D eigenvalue weighted by atomic mass is 10.1. The van der Waals surface area contributed by atoms with Gasteiger partial charge in [-0.3, -0.25) is 4.79 Å². The van der Waals surface area contributed by atoms with Crippen molar-refractivity contribution < 1.29 is 13.9 Å². The Labute approximate surface area is 100 Å². The number of hydrogen-bond donors (Lipinski definition) is 0. The molecule has 0 aliphatic carbocycles. The van der Waals surface area contributed by atoms with Crippen LogP contribution in [0.25, 0.3) is 0 Å². The summed E-state index contributed by atoms with van der Waals surface area (Å²) in [5, 5.41) is 0. The molecule has 92 valence electrons. The molecule has 0 spiro atoms. The van der Waals surface area contributed by atoms with Gasteiger partial charge in [-0.1, -0.05) is 0 Å². The first-order valence-corrected chi connectivity index (χ1v) is 5.77. The molecule has 0 saturated carbocycles. The van der Waals surface area contributed by atoms with E-state index in [0.29, 0.717) is 13.2 Å². The molecule has 1 saturated heterocycles. The Morgan fingerprint density at radius 3 is 2.76 bits per heavy atom. The Balaban J connectivity index is 2.27. The first-order chi connectivity index (χ1) is 8.16. The molecule has 1 fully saturated rings. The molecule has 3 nitrogen and oxygen atoms in total. The predicted octanol–water partition coefficient (Wildman–Crippen LogP) is 1.79. The van der Waals surface area contributed by atoms with E-state index < -0.39 is 0 Å². The maximum atomic E-state index is 13.2. The molecule has 1 aromatic rings. The van der Waals surface area contributed by atoms with Crippen molar-refractivity contribution in [2.75, 3.05) is 31.2 Å². The van der Waals surface area contributed by atoms with E-state index in [9.17, 15) is 9.18 Å². The minimum Gasteiger partial charge on any atom is -0.378 e. The van der Waals surface area contributed by atoms with E-state index in [-0.39, 0.29) is 18.0 Å². The van der Waals surface area contributed by atoms with E-state index in [0.717, 1.165) is 24.3 Å². The third kappa shape index (κ3) is 3.03. The SMILES string of the molecule is CC(=O)Cc1cc(F)ccc1N1CCOCC1. The molecule has 1 aliphatic rings. The molecular weight excluding hydrogens is 221 g/mol. The summed E-state index contributed by atoms with van der Waals surface area (Å²) in [6.45, 7) is 4.45. The monoisotopic (exact) mass is 237 g/mol. The zero-order valence-electron chi connectivity index (χ0n) is 9.91. The first kappa shape index (κ1) is 12.0. The number of halogens is 1. The second kappa shape index (κ2) is 5.27. The Morgan fingerprint density at radius 1 is 1.41 bits per heavy atom. The fourth-order valence-corrected chi connectivity index (χ4v) is 2.08. The molecule has 0 N–H and O–H groups in total. The van der Waals surface area contributed by atoms with Gasteiger partial charge >= 0.3 is 0 Å². The molecule has 2 rings (SSSR count).